The fraction of sp³-hybridized carbons (Fsp3) is 0.353. The van der Waals surface area contributed by atoms with E-state index in [-0.39, 0.29) is 13.2 Å². The van der Waals surface area contributed by atoms with Crippen molar-refractivity contribution in [3.8, 4) is 11.1 Å². The molecule has 0 aliphatic carbocycles. The number of fused-ring (bicyclic) bond motifs is 1. The molecule has 10 heteroatoms. The van der Waals surface area contributed by atoms with Crippen molar-refractivity contribution in [3.05, 3.63) is 36.8 Å². The van der Waals surface area contributed by atoms with Crippen molar-refractivity contribution in [3.63, 3.8) is 0 Å². The number of morpholine rings is 1. The Labute approximate surface area is 152 Å². The maximum atomic E-state index is 13.0. The highest BCUT2D eigenvalue weighted by molar-refractivity contribution is 5.78. The number of ether oxygens (including phenoxy) is 1. The summed E-state index contributed by atoms with van der Waals surface area (Å²) in [6.45, 7) is 0.0622. The van der Waals surface area contributed by atoms with Crippen LogP contribution in [-0.2, 0) is 4.74 Å². The molecule has 3 aromatic heterocycles. The molecule has 0 amide bonds. The number of hydrogen-bond donors (Lipinski definition) is 1. The molecule has 1 atom stereocenters. The predicted octanol–water partition coefficient (Wildman–Crippen LogP) is 2.60. The van der Waals surface area contributed by atoms with Gasteiger partial charge in [-0.25, -0.2) is 14.5 Å². The smallest absolute Gasteiger partial charge is 0.373 e. The van der Waals surface area contributed by atoms with Crippen molar-refractivity contribution >= 4 is 17.3 Å². The summed E-state index contributed by atoms with van der Waals surface area (Å²) < 4.78 is 45.4. The van der Waals surface area contributed by atoms with Crippen molar-refractivity contribution in [2.45, 2.75) is 12.3 Å². The zero-order valence-electron chi connectivity index (χ0n) is 14.4. The number of anilines is 2. The molecular weight excluding hydrogens is 361 g/mol. The van der Waals surface area contributed by atoms with Gasteiger partial charge in [0, 0.05) is 31.5 Å². The summed E-state index contributed by atoms with van der Waals surface area (Å²) in [7, 11) is 1.77. The number of hydrogen-bond acceptors (Lipinski definition) is 6. The summed E-state index contributed by atoms with van der Waals surface area (Å²) in [5, 5.41) is 7.25. The zero-order valence-corrected chi connectivity index (χ0v) is 14.4. The minimum Gasteiger partial charge on any atom is -0.373 e. The summed E-state index contributed by atoms with van der Waals surface area (Å²) in [6.07, 6.45) is -1.17. The van der Waals surface area contributed by atoms with Crippen molar-refractivity contribution < 1.29 is 17.9 Å². The number of aromatic nitrogens is 4. The quantitative estimate of drug-likeness (QED) is 0.756. The summed E-state index contributed by atoms with van der Waals surface area (Å²) in [5.74, 6) is 1.16. The predicted molar refractivity (Wildman–Crippen MR) is 93.8 cm³/mol. The van der Waals surface area contributed by atoms with Crippen LogP contribution in [0.5, 0.6) is 0 Å². The summed E-state index contributed by atoms with van der Waals surface area (Å²) >= 11 is 0. The molecule has 142 valence electrons. The van der Waals surface area contributed by atoms with Crippen LogP contribution in [0, 0.1) is 0 Å². The molecule has 7 nitrogen and oxygen atoms in total. The van der Waals surface area contributed by atoms with Crippen LogP contribution in [0.1, 0.15) is 0 Å². The van der Waals surface area contributed by atoms with E-state index in [0.29, 0.717) is 23.8 Å². The molecule has 1 unspecified atom stereocenters. The van der Waals surface area contributed by atoms with Crippen LogP contribution in [0.15, 0.2) is 36.8 Å². The van der Waals surface area contributed by atoms with E-state index in [1.807, 2.05) is 12.1 Å². The summed E-state index contributed by atoms with van der Waals surface area (Å²) in [4.78, 5) is 10.3. The van der Waals surface area contributed by atoms with E-state index in [9.17, 15) is 13.2 Å². The summed E-state index contributed by atoms with van der Waals surface area (Å²) in [5.41, 5.74) is 2.20. The van der Waals surface area contributed by atoms with Crippen LogP contribution >= 0.6 is 0 Å². The highest BCUT2D eigenvalue weighted by Gasteiger charge is 2.43. The van der Waals surface area contributed by atoms with Gasteiger partial charge in [-0.2, -0.15) is 18.3 Å². The second kappa shape index (κ2) is 6.69. The van der Waals surface area contributed by atoms with Gasteiger partial charge in [0.05, 0.1) is 19.3 Å². The van der Waals surface area contributed by atoms with Crippen LogP contribution < -0.4 is 10.2 Å². The topological polar surface area (TPSA) is 67.6 Å². The fourth-order valence-corrected chi connectivity index (χ4v) is 3.03. The Kier molecular flexibility index (Phi) is 4.34. The lowest BCUT2D eigenvalue weighted by Gasteiger charge is -2.34. The first-order valence-corrected chi connectivity index (χ1v) is 8.37. The molecule has 1 aliphatic heterocycles. The van der Waals surface area contributed by atoms with Crippen molar-refractivity contribution in [1.82, 2.24) is 19.6 Å². The van der Waals surface area contributed by atoms with Gasteiger partial charge in [0.2, 0.25) is 0 Å². The Morgan fingerprint density at radius 2 is 2.15 bits per heavy atom. The highest BCUT2D eigenvalue weighted by atomic mass is 19.4. The standard InChI is InChI=1S/C17H17F3N6O/c1-21-14-8-11(2-4-22-14)12-9-23-26-5-3-15(24-16(12)26)25-6-7-27-13(10-25)17(18,19)20/h2-5,8-9,13H,6-7,10H2,1H3,(H,21,22). The molecule has 3 aromatic rings. The Morgan fingerprint density at radius 1 is 1.30 bits per heavy atom. The average Bonchev–Trinajstić information content (AvgIpc) is 3.10. The molecular formula is C17H17F3N6O. The van der Waals surface area contributed by atoms with Crippen LogP contribution in [0.25, 0.3) is 16.8 Å². The molecule has 1 N–H and O–H groups in total. The maximum absolute atomic E-state index is 13.0. The molecule has 4 heterocycles. The highest BCUT2D eigenvalue weighted by Crippen LogP contribution is 2.29. The molecule has 0 saturated carbocycles. The van der Waals surface area contributed by atoms with Gasteiger partial charge in [-0.05, 0) is 23.8 Å². The van der Waals surface area contributed by atoms with Gasteiger partial charge in [0.15, 0.2) is 11.8 Å². The van der Waals surface area contributed by atoms with Crippen LogP contribution in [-0.4, -0.2) is 58.6 Å². The third-order valence-corrected chi connectivity index (χ3v) is 4.44. The third-order valence-electron chi connectivity index (χ3n) is 4.44. The van der Waals surface area contributed by atoms with Gasteiger partial charge in [0.25, 0.3) is 0 Å². The second-order valence-corrected chi connectivity index (χ2v) is 6.14. The second-order valence-electron chi connectivity index (χ2n) is 6.14. The van der Waals surface area contributed by atoms with E-state index in [1.54, 1.807) is 41.1 Å². The lowest BCUT2D eigenvalue weighted by Crippen LogP contribution is -2.49. The number of nitrogens with one attached hydrogen (secondary N) is 1. The molecule has 1 aliphatic rings. The van der Waals surface area contributed by atoms with E-state index < -0.39 is 12.3 Å². The van der Waals surface area contributed by atoms with E-state index in [1.165, 1.54) is 0 Å². The Hall–Kier alpha value is -2.88. The molecule has 1 saturated heterocycles. The lowest BCUT2D eigenvalue weighted by molar-refractivity contribution is -0.221. The molecule has 1 fully saturated rings. The molecule has 27 heavy (non-hydrogen) atoms. The van der Waals surface area contributed by atoms with E-state index in [0.717, 1.165) is 11.1 Å². The molecule has 0 spiro atoms. The van der Waals surface area contributed by atoms with Crippen molar-refractivity contribution in [2.75, 3.05) is 37.0 Å². The first kappa shape index (κ1) is 17.5. The number of nitrogens with zero attached hydrogens (tertiary/aromatic N) is 5. The minimum atomic E-state index is -4.40. The van der Waals surface area contributed by atoms with Gasteiger partial charge in [0.1, 0.15) is 11.6 Å². The van der Waals surface area contributed by atoms with Gasteiger partial charge < -0.3 is 15.0 Å². The van der Waals surface area contributed by atoms with Crippen molar-refractivity contribution in [2.24, 2.45) is 0 Å². The van der Waals surface area contributed by atoms with Crippen LogP contribution in [0.2, 0.25) is 0 Å². The zero-order chi connectivity index (χ0) is 19.0. The van der Waals surface area contributed by atoms with Crippen LogP contribution in [0.4, 0.5) is 24.8 Å². The van der Waals surface area contributed by atoms with Gasteiger partial charge in [-0.15, -0.1) is 0 Å². The normalized spacial score (nSPS) is 18.1. The Bertz CT molecular complexity index is 957. The van der Waals surface area contributed by atoms with Gasteiger partial charge >= 0.3 is 6.18 Å². The third kappa shape index (κ3) is 3.39. The maximum Gasteiger partial charge on any atom is 0.416 e. The van der Waals surface area contributed by atoms with Crippen LogP contribution in [0.3, 0.4) is 0 Å². The molecule has 4 rings (SSSR count). The SMILES string of the molecule is CNc1cc(-c2cnn3ccc(N4CCOC(C(F)(F)F)C4)nc23)ccn1. The van der Waals surface area contributed by atoms with E-state index in [4.69, 9.17) is 4.74 Å². The first-order valence-electron chi connectivity index (χ1n) is 8.37. The van der Waals surface area contributed by atoms with Crippen molar-refractivity contribution in [1.29, 1.82) is 0 Å². The number of pyridine rings is 1. The number of halogens is 3. The number of rotatable bonds is 3. The van der Waals surface area contributed by atoms with E-state index in [2.05, 4.69) is 20.4 Å². The average molecular weight is 378 g/mol. The minimum absolute atomic E-state index is 0.000953. The Morgan fingerprint density at radius 3 is 2.93 bits per heavy atom. The monoisotopic (exact) mass is 378 g/mol. The molecule has 0 radical (unpaired) electrons. The summed E-state index contributed by atoms with van der Waals surface area (Å²) in [6, 6.07) is 5.36. The van der Waals surface area contributed by atoms with E-state index >= 15 is 0 Å². The number of alkyl halides is 3. The lowest BCUT2D eigenvalue weighted by atomic mass is 10.1. The van der Waals surface area contributed by atoms with Gasteiger partial charge in [-0.3, -0.25) is 0 Å². The largest absolute Gasteiger partial charge is 0.416 e. The first-order chi connectivity index (χ1) is 13.0. The fourth-order valence-electron chi connectivity index (χ4n) is 3.03. The van der Waals surface area contributed by atoms with Gasteiger partial charge in [-0.1, -0.05) is 0 Å². The molecule has 0 aromatic carbocycles. The Balaban J connectivity index is 1.70. The molecule has 0 bridgehead atoms.